The number of aromatic hydroxyl groups is 4. The quantitative estimate of drug-likeness (QED) is 0.0649. The molecular weight excluding hydrogens is 653 g/mol. The first kappa shape index (κ1) is 37.4. The van der Waals surface area contributed by atoms with Gasteiger partial charge in [-0.1, -0.05) is 61.8 Å². The molecule has 1 atom stereocenters. The number of alkyl halides is 3. The summed E-state index contributed by atoms with van der Waals surface area (Å²) in [5, 5.41) is 46.1. The maximum atomic E-state index is 12.7. The van der Waals surface area contributed by atoms with Crippen molar-refractivity contribution in [2.24, 2.45) is 0 Å². The Morgan fingerprint density at radius 1 is 0.778 bits per heavy atom. The fraction of sp³-hybridized carbons (Fsp3) is 0.194. The van der Waals surface area contributed by atoms with E-state index in [2.05, 4.69) is 9.44 Å². The van der Waals surface area contributed by atoms with Gasteiger partial charge >= 0.3 is 12.1 Å². The molecule has 14 heteroatoms. The summed E-state index contributed by atoms with van der Waals surface area (Å²) in [6, 6.07) is 20.8. The van der Waals surface area contributed by atoms with Crippen LogP contribution in [0.15, 0.2) is 94.7 Å². The van der Waals surface area contributed by atoms with E-state index < -0.39 is 23.8 Å². The number of hydrogen-bond donors (Lipinski definition) is 7. The zero-order chi connectivity index (χ0) is 33.6. The smallest absolute Gasteiger partial charge is 0.417 e. The zero-order valence-electron chi connectivity index (χ0n) is 24.0. The molecule has 4 aromatic carbocycles. The van der Waals surface area contributed by atoms with Gasteiger partial charge in [-0.25, -0.2) is 4.72 Å². The molecule has 0 aliphatic carbocycles. The molecule has 0 heterocycles. The first-order valence-electron chi connectivity index (χ1n) is 13.3. The molecule has 0 spiro atoms. The molecule has 4 rings (SSSR count). The summed E-state index contributed by atoms with van der Waals surface area (Å²) in [5.74, 6) is -1.90. The van der Waals surface area contributed by atoms with Crippen molar-refractivity contribution in [3.8, 4) is 23.0 Å². The minimum absolute atomic E-state index is 0.173. The van der Waals surface area contributed by atoms with Crippen molar-refractivity contribution < 1.29 is 43.5 Å². The fourth-order valence-corrected chi connectivity index (χ4v) is 5.11. The molecule has 0 saturated heterocycles. The summed E-state index contributed by atoms with van der Waals surface area (Å²) in [6.45, 7) is 4.17. The normalized spacial score (nSPS) is 11.4. The lowest BCUT2D eigenvalue weighted by molar-refractivity contribution is -0.139. The van der Waals surface area contributed by atoms with Crippen molar-refractivity contribution in [3.63, 3.8) is 0 Å². The van der Waals surface area contributed by atoms with Crippen LogP contribution in [0.25, 0.3) is 0 Å². The highest BCUT2D eigenvalue weighted by atomic mass is 35.5. The lowest BCUT2D eigenvalue weighted by Crippen LogP contribution is -2.34. The maximum Gasteiger partial charge on any atom is 0.417 e. The number of halogens is 4. The largest absolute Gasteiger partial charge is 0.504 e. The molecule has 0 radical (unpaired) electrons. The summed E-state index contributed by atoms with van der Waals surface area (Å²) < 4.78 is 43.9. The predicted octanol–water partition coefficient (Wildman–Crippen LogP) is 7.98. The minimum atomic E-state index is -4.50. The third kappa shape index (κ3) is 12.6. The molecule has 0 saturated carbocycles. The SMILES string of the molecule is CC.O=C(O)C(Cc1ccccc1)NSc1ccc(O)c(O)c1.Oc1ccc(SNCc2ccc(Cl)c(C(F)(F)F)c2)cc1O. The minimum Gasteiger partial charge on any atom is -0.504 e. The molecule has 7 N–H and O–H groups in total. The van der Waals surface area contributed by atoms with Gasteiger partial charge in [-0.2, -0.15) is 13.2 Å². The first-order chi connectivity index (χ1) is 21.3. The van der Waals surface area contributed by atoms with Crippen LogP contribution in [0.2, 0.25) is 5.02 Å². The number of carbonyl (C=O) groups is 1. The van der Waals surface area contributed by atoms with E-state index >= 15 is 0 Å². The number of phenols is 4. The van der Waals surface area contributed by atoms with Crippen LogP contribution in [0.3, 0.4) is 0 Å². The highest BCUT2D eigenvalue weighted by Gasteiger charge is 2.33. The lowest BCUT2D eigenvalue weighted by atomic mass is 10.1. The first-order valence-corrected chi connectivity index (χ1v) is 15.3. The second-order valence-electron chi connectivity index (χ2n) is 8.84. The number of benzene rings is 4. The number of hydrogen-bond acceptors (Lipinski definition) is 9. The molecular formula is C31H32ClF3N2O6S2. The van der Waals surface area contributed by atoms with E-state index in [0.29, 0.717) is 21.8 Å². The van der Waals surface area contributed by atoms with Crippen LogP contribution in [0.1, 0.15) is 30.5 Å². The molecule has 242 valence electrons. The third-order valence-electron chi connectivity index (χ3n) is 5.60. The summed E-state index contributed by atoms with van der Waals surface area (Å²) in [4.78, 5) is 12.5. The monoisotopic (exact) mass is 684 g/mol. The summed E-state index contributed by atoms with van der Waals surface area (Å²) in [6.07, 6.45) is -4.14. The van der Waals surface area contributed by atoms with E-state index in [4.69, 9.17) is 11.6 Å². The van der Waals surface area contributed by atoms with Gasteiger partial charge in [-0.15, -0.1) is 0 Å². The van der Waals surface area contributed by atoms with E-state index in [0.717, 1.165) is 35.5 Å². The predicted molar refractivity (Wildman–Crippen MR) is 171 cm³/mol. The number of phenolic OH excluding ortho intramolecular Hbond substituents is 4. The van der Waals surface area contributed by atoms with E-state index in [1.165, 1.54) is 36.4 Å². The second-order valence-corrected chi connectivity index (χ2v) is 11.1. The molecule has 0 bridgehead atoms. The van der Waals surface area contributed by atoms with E-state index in [-0.39, 0.29) is 34.6 Å². The van der Waals surface area contributed by atoms with Gasteiger partial charge < -0.3 is 25.5 Å². The standard InChI is InChI=1S/C15H15NO4S.C14H11ClF3NO2S.C2H6/c17-13-7-6-11(9-14(13)18)21-16-12(15(19)20)8-10-4-2-1-3-5-10;15-11-3-1-8(5-10(11)14(16,17)18)7-19-22-9-2-4-12(20)13(21)6-9;1-2/h1-7,9,12,16-18H,8H2,(H,19,20);1-6,19-21H,7H2;1-2H3. The maximum absolute atomic E-state index is 12.7. The van der Waals surface area contributed by atoms with Crippen molar-refractivity contribution in [2.45, 2.75) is 48.8 Å². The highest BCUT2D eigenvalue weighted by molar-refractivity contribution is 7.97. The second kappa shape index (κ2) is 18.3. The van der Waals surface area contributed by atoms with E-state index in [1.807, 2.05) is 44.2 Å². The molecule has 4 aromatic rings. The molecule has 0 aromatic heterocycles. The van der Waals surface area contributed by atoms with Crippen molar-refractivity contribution in [1.82, 2.24) is 9.44 Å². The molecule has 1 unspecified atom stereocenters. The Bertz CT molecular complexity index is 1530. The van der Waals surface area contributed by atoms with Gasteiger partial charge in [0.25, 0.3) is 0 Å². The van der Waals surface area contributed by atoms with Crippen molar-refractivity contribution in [3.05, 3.63) is 107 Å². The Morgan fingerprint density at radius 3 is 1.84 bits per heavy atom. The average molecular weight is 685 g/mol. The van der Waals surface area contributed by atoms with E-state index in [9.17, 15) is 43.5 Å². The molecule has 45 heavy (non-hydrogen) atoms. The van der Waals surface area contributed by atoms with Crippen LogP contribution in [0.4, 0.5) is 13.2 Å². The molecule has 0 aliphatic heterocycles. The number of aliphatic carboxylic acids is 1. The number of carboxylic acids is 1. The average Bonchev–Trinajstić information content (AvgIpc) is 3.01. The summed E-state index contributed by atoms with van der Waals surface area (Å²) >= 11 is 7.76. The van der Waals surface area contributed by atoms with Crippen LogP contribution in [-0.2, 0) is 23.9 Å². The topological polar surface area (TPSA) is 142 Å². The summed E-state index contributed by atoms with van der Waals surface area (Å²) in [7, 11) is 0. The van der Waals surface area contributed by atoms with Gasteiger partial charge in [0.1, 0.15) is 6.04 Å². The van der Waals surface area contributed by atoms with Gasteiger partial charge in [0.15, 0.2) is 23.0 Å². The zero-order valence-corrected chi connectivity index (χ0v) is 26.4. The van der Waals surface area contributed by atoms with Gasteiger partial charge in [-0.05, 0) is 90.0 Å². The number of carboxylic acid groups (broad SMARTS) is 1. The van der Waals surface area contributed by atoms with Crippen molar-refractivity contribution in [2.75, 3.05) is 0 Å². The Morgan fingerprint density at radius 2 is 1.33 bits per heavy atom. The Hall–Kier alpha value is -3.75. The molecule has 0 aliphatic rings. The van der Waals surface area contributed by atoms with Crippen molar-refractivity contribution in [1.29, 1.82) is 0 Å². The Balaban J connectivity index is 0.000000297. The third-order valence-corrected chi connectivity index (χ3v) is 7.60. The van der Waals surface area contributed by atoms with Gasteiger partial charge in [-0.3, -0.25) is 9.52 Å². The van der Waals surface area contributed by atoms with Crippen LogP contribution >= 0.6 is 35.5 Å². The molecule has 0 fully saturated rings. The summed E-state index contributed by atoms with van der Waals surface area (Å²) in [5.41, 5.74) is 0.472. The van der Waals surface area contributed by atoms with Crippen LogP contribution in [-0.4, -0.2) is 37.5 Å². The van der Waals surface area contributed by atoms with Crippen molar-refractivity contribution >= 4 is 41.5 Å². The van der Waals surface area contributed by atoms with Gasteiger partial charge in [0.2, 0.25) is 0 Å². The number of nitrogens with one attached hydrogen (secondary N) is 2. The van der Waals surface area contributed by atoms with Crippen LogP contribution in [0.5, 0.6) is 23.0 Å². The molecule has 8 nitrogen and oxygen atoms in total. The number of rotatable bonds is 10. The van der Waals surface area contributed by atoms with E-state index in [1.54, 1.807) is 12.1 Å². The Kier molecular flexibility index (Phi) is 15.2. The highest BCUT2D eigenvalue weighted by Crippen LogP contribution is 2.35. The fourth-order valence-electron chi connectivity index (χ4n) is 3.40. The van der Waals surface area contributed by atoms with Crippen LogP contribution in [0, 0.1) is 0 Å². The molecule has 0 amide bonds. The van der Waals surface area contributed by atoms with Gasteiger partial charge in [0.05, 0.1) is 10.6 Å². The lowest BCUT2D eigenvalue weighted by Gasteiger charge is -2.14. The Labute approximate surface area is 272 Å². The van der Waals surface area contributed by atoms with Crippen LogP contribution < -0.4 is 9.44 Å². The van der Waals surface area contributed by atoms with Gasteiger partial charge in [0, 0.05) is 16.3 Å².